The molecule has 1 aliphatic rings. The zero-order chi connectivity index (χ0) is 23.5. The fourth-order valence-corrected chi connectivity index (χ4v) is 3.60. The van der Waals surface area contributed by atoms with Crippen LogP contribution in [0.15, 0.2) is 89.5 Å². The number of carbonyl (C=O) groups excluding carboxylic acids is 1. The number of hydrogen-bond acceptors (Lipinski definition) is 6. The van der Waals surface area contributed by atoms with Crippen molar-refractivity contribution in [2.75, 3.05) is 11.1 Å². The summed E-state index contributed by atoms with van der Waals surface area (Å²) in [5.41, 5.74) is 7.73. The summed E-state index contributed by atoms with van der Waals surface area (Å²) >= 11 is 0. The van der Waals surface area contributed by atoms with Crippen molar-refractivity contribution in [3.63, 3.8) is 0 Å². The molecule has 2 aromatic heterocycles. The Hall–Kier alpha value is -4.53. The van der Waals surface area contributed by atoms with E-state index >= 15 is 0 Å². The molecule has 0 radical (unpaired) electrons. The van der Waals surface area contributed by atoms with E-state index < -0.39 is 12.1 Å². The van der Waals surface area contributed by atoms with E-state index in [-0.39, 0.29) is 23.6 Å². The topological polar surface area (TPSA) is 112 Å². The first-order chi connectivity index (χ1) is 16.6. The molecule has 2 heterocycles. The second kappa shape index (κ2) is 9.14. The van der Waals surface area contributed by atoms with Crippen molar-refractivity contribution < 1.29 is 13.6 Å². The van der Waals surface area contributed by atoms with Gasteiger partial charge in [-0.3, -0.25) is 9.48 Å². The van der Waals surface area contributed by atoms with E-state index in [0.29, 0.717) is 22.4 Å². The van der Waals surface area contributed by atoms with Gasteiger partial charge < -0.3 is 15.5 Å². The first-order valence-corrected chi connectivity index (χ1v) is 10.7. The number of alkyl halides is 1. The van der Waals surface area contributed by atoms with Gasteiger partial charge in [-0.15, -0.1) is 10.2 Å². The van der Waals surface area contributed by atoms with Gasteiger partial charge in [0.05, 0.1) is 17.9 Å². The SMILES string of the molecule is Nc1cn(C2C=CC=CC2)nc1NC(=O)c1ccc(C(F)c2nnc(-c3ccccc3)o2)cc1. The molecule has 170 valence electrons. The molecule has 5 rings (SSSR count). The zero-order valence-corrected chi connectivity index (χ0v) is 18.0. The van der Waals surface area contributed by atoms with Gasteiger partial charge in [-0.05, 0) is 36.2 Å². The number of rotatable bonds is 6. The maximum Gasteiger partial charge on any atom is 0.256 e. The second-order valence-corrected chi connectivity index (χ2v) is 7.78. The third kappa shape index (κ3) is 4.36. The molecule has 4 aromatic rings. The van der Waals surface area contributed by atoms with E-state index in [1.807, 2.05) is 42.5 Å². The molecule has 3 N–H and O–H groups in total. The van der Waals surface area contributed by atoms with Crippen LogP contribution in [0.25, 0.3) is 11.5 Å². The van der Waals surface area contributed by atoms with E-state index in [1.165, 1.54) is 24.3 Å². The minimum atomic E-state index is -1.62. The molecule has 2 aromatic carbocycles. The van der Waals surface area contributed by atoms with Gasteiger partial charge in [0, 0.05) is 11.1 Å². The number of nitrogens with one attached hydrogen (secondary N) is 1. The van der Waals surface area contributed by atoms with Crippen LogP contribution in [0, 0.1) is 0 Å². The predicted molar refractivity (Wildman–Crippen MR) is 126 cm³/mol. The summed E-state index contributed by atoms with van der Waals surface area (Å²) in [5.74, 6) is -0.0335. The van der Waals surface area contributed by atoms with Crippen molar-refractivity contribution in [1.29, 1.82) is 0 Å². The van der Waals surface area contributed by atoms with Gasteiger partial charge in [-0.1, -0.05) is 54.6 Å². The number of amides is 1. The van der Waals surface area contributed by atoms with Crippen LogP contribution in [0.4, 0.5) is 15.9 Å². The number of anilines is 2. The average molecular weight is 456 g/mol. The van der Waals surface area contributed by atoms with Crippen LogP contribution in [0.1, 0.15) is 40.4 Å². The van der Waals surface area contributed by atoms with Crippen molar-refractivity contribution in [2.45, 2.75) is 18.6 Å². The standard InChI is InChI=1S/C25H21FN6O2/c26-21(25-30-29-24(34-25)18-7-3-1-4-8-18)16-11-13-17(14-12-16)23(33)28-22-20(27)15-32(31-22)19-9-5-2-6-10-19/h1-9,11-15,19,21H,10,27H2,(H,28,31,33). The van der Waals surface area contributed by atoms with Gasteiger partial charge in [-0.2, -0.15) is 5.10 Å². The largest absolute Gasteiger partial charge is 0.417 e. The highest BCUT2D eigenvalue weighted by Gasteiger charge is 2.21. The number of hydrogen-bond donors (Lipinski definition) is 2. The highest BCUT2D eigenvalue weighted by Crippen LogP contribution is 2.28. The molecule has 8 nitrogen and oxygen atoms in total. The fraction of sp³-hybridized carbons (Fsp3) is 0.120. The summed E-state index contributed by atoms with van der Waals surface area (Å²) in [4.78, 5) is 12.7. The number of carbonyl (C=O) groups is 1. The summed E-state index contributed by atoms with van der Waals surface area (Å²) in [6.45, 7) is 0. The molecule has 34 heavy (non-hydrogen) atoms. The van der Waals surface area contributed by atoms with Crippen molar-refractivity contribution >= 4 is 17.4 Å². The molecule has 1 amide bonds. The molecule has 0 saturated carbocycles. The summed E-state index contributed by atoms with van der Waals surface area (Å²) in [7, 11) is 0. The molecule has 0 saturated heterocycles. The molecular formula is C25H21FN6O2. The fourth-order valence-electron chi connectivity index (χ4n) is 3.60. The number of halogens is 1. The second-order valence-electron chi connectivity index (χ2n) is 7.78. The first-order valence-electron chi connectivity index (χ1n) is 10.7. The Morgan fingerprint density at radius 2 is 1.91 bits per heavy atom. The monoisotopic (exact) mass is 456 g/mol. The zero-order valence-electron chi connectivity index (χ0n) is 18.0. The lowest BCUT2D eigenvalue weighted by atomic mass is 10.1. The lowest BCUT2D eigenvalue weighted by Crippen LogP contribution is -2.14. The normalized spacial score (nSPS) is 15.9. The van der Waals surface area contributed by atoms with Gasteiger partial charge in [0.25, 0.3) is 11.8 Å². The molecule has 0 bridgehead atoms. The van der Waals surface area contributed by atoms with Crippen LogP contribution >= 0.6 is 0 Å². The Labute approximate surface area is 194 Å². The lowest BCUT2D eigenvalue weighted by Gasteiger charge is -2.13. The number of allylic oxidation sites excluding steroid dienone is 4. The number of benzene rings is 2. The van der Waals surface area contributed by atoms with Crippen LogP contribution in [-0.2, 0) is 0 Å². The van der Waals surface area contributed by atoms with Gasteiger partial charge in [0.15, 0.2) is 5.82 Å². The van der Waals surface area contributed by atoms with Crippen LogP contribution in [0.5, 0.6) is 0 Å². The molecule has 2 unspecified atom stereocenters. The van der Waals surface area contributed by atoms with Crippen molar-refractivity contribution in [3.8, 4) is 11.5 Å². The van der Waals surface area contributed by atoms with Crippen molar-refractivity contribution in [1.82, 2.24) is 20.0 Å². The van der Waals surface area contributed by atoms with E-state index in [2.05, 4.69) is 20.6 Å². The predicted octanol–water partition coefficient (Wildman–Crippen LogP) is 4.88. The van der Waals surface area contributed by atoms with Gasteiger partial charge in [0.1, 0.15) is 0 Å². The van der Waals surface area contributed by atoms with Gasteiger partial charge in [-0.25, -0.2) is 4.39 Å². The van der Waals surface area contributed by atoms with E-state index in [9.17, 15) is 9.18 Å². The Balaban J connectivity index is 1.27. The van der Waals surface area contributed by atoms with Crippen molar-refractivity contribution in [2.24, 2.45) is 0 Å². The van der Waals surface area contributed by atoms with Crippen LogP contribution < -0.4 is 11.1 Å². The molecule has 9 heteroatoms. The number of aromatic nitrogens is 4. The minimum Gasteiger partial charge on any atom is -0.417 e. The Morgan fingerprint density at radius 3 is 2.65 bits per heavy atom. The van der Waals surface area contributed by atoms with Crippen LogP contribution in [0.2, 0.25) is 0 Å². The van der Waals surface area contributed by atoms with E-state index in [1.54, 1.807) is 23.0 Å². The van der Waals surface area contributed by atoms with Crippen molar-refractivity contribution in [3.05, 3.63) is 102 Å². The maximum atomic E-state index is 15.0. The molecule has 0 aliphatic heterocycles. The quantitative estimate of drug-likeness (QED) is 0.428. The number of nitrogens with zero attached hydrogens (tertiary/aromatic N) is 4. The summed E-state index contributed by atoms with van der Waals surface area (Å²) < 4.78 is 22.2. The van der Waals surface area contributed by atoms with Crippen LogP contribution in [0.3, 0.4) is 0 Å². The summed E-state index contributed by atoms with van der Waals surface area (Å²) in [6, 6.07) is 15.2. The molecular weight excluding hydrogens is 435 g/mol. The Morgan fingerprint density at radius 1 is 1.12 bits per heavy atom. The average Bonchev–Trinajstić information content (AvgIpc) is 3.52. The third-order valence-corrected chi connectivity index (χ3v) is 5.43. The molecule has 1 aliphatic carbocycles. The Kier molecular flexibility index (Phi) is 5.73. The molecule has 2 atom stereocenters. The van der Waals surface area contributed by atoms with E-state index in [0.717, 1.165) is 6.42 Å². The molecule has 0 fully saturated rings. The van der Waals surface area contributed by atoms with Crippen LogP contribution in [-0.4, -0.2) is 25.9 Å². The Bertz CT molecular complexity index is 1360. The highest BCUT2D eigenvalue weighted by molar-refractivity contribution is 6.05. The summed E-state index contributed by atoms with van der Waals surface area (Å²) in [6.07, 6.45) is 8.83. The van der Waals surface area contributed by atoms with Gasteiger partial charge in [0.2, 0.25) is 12.1 Å². The maximum absolute atomic E-state index is 15.0. The minimum absolute atomic E-state index is 0.0471. The number of nitrogen functional groups attached to an aromatic ring is 1. The highest BCUT2D eigenvalue weighted by atomic mass is 19.1. The van der Waals surface area contributed by atoms with Gasteiger partial charge >= 0.3 is 0 Å². The molecule has 0 spiro atoms. The first kappa shape index (κ1) is 21.3. The summed E-state index contributed by atoms with van der Waals surface area (Å²) in [5, 5.41) is 14.9. The van der Waals surface area contributed by atoms with E-state index in [4.69, 9.17) is 10.2 Å². The lowest BCUT2D eigenvalue weighted by molar-refractivity contribution is 0.102. The number of nitrogens with two attached hydrogens (primary N) is 1. The third-order valence-electron chi connectivity index (χ3n) is 5.43. The smallest absolute Gasteiger partial charge is 0.256 e.